The van der Waals surface area contributed by atoms with Gasteiger partial charge in [-0.25, -0.2) is 0 Å². The highest BCUT2D eigenvalue weighted by atomic mass is 16.7. The van der Waals surface area contributed by atoms with Crippen molar-refractivity contribution in [2.45, 2.75) is 64.4 Å². The van der Waals surface area contributed by atoms with Crippen molar-refractivity contribution in [3.63, 3.8) is 0 Å². The Morgan fingerprint density at radius 2 is 2.25 bits per heavy atom. The monoisotopic (exact) mass is 285 g/mol. The molecule has 0 saturated carbocycles. The molecule has 0 bridgehead atoms. The molecule has 0 aromatic rings. The van der Waals surface area contributed by atoms with Gasteiger partial charge in [0.15, 0.2) is 5.79 Å². The number of likely N-dealkylation sites (tertiary alicyclic amines) is 1. The lowest BCUT2D eigenvalue weighted by Gasteiger charge is -2.38. The molecule has 0 aliphatic carbocycles. The molecule has 116 valence electrons. The highest BCUT2D eigenvalue weighted by Gasteiger charge is 2.40. The minimum absolute atomic E-state index is 0.0262. The Bertz CT molecular complexity index is 347. The fraction of sp³-hybridized carbons (Fsp3) is 0.933. The molecule has 2 saturated heterocycles. The van der Waals surface area contributed by atoms with E-state index in [4.69, 9.17) is 14.6 Å². The molecule has 3 unspecified atom stereocenters. The van der Waals surface area contributed by atoms with E-state index in [1.165, 1.54) is 19.4 Å². The molecule has 0 aromatic carbocycles. The SMILES string of the molecule is CC(C)N1CCCC(CC2(C)OCC(CC(=O)O)O2)C1. The van der Waals surface area contributed by atoms with Crippen molar-refractivity contribution in [3.05, 3.63) is 0 Å². The number of carbonyl (C=O) groups is 1. The second-order valence-corrected chi connectivity index (χ2v) is 6.58. The molecule has 2 aliphatic rings. The van der Waals surface area contributed by atoms with Crippen molar-refractivity contribution >= 4 is 5.97 Å². The molecule has 5 nitrogen and oxygen atoms in total. The maximum Gasteiger partial charge on any atom is 0.306 e. The summed E-state index contributed by atoms with van der Waals surface area (Å²) in [7, 11) is 0. The number of rotatable bonds is 5. The van der Waals surface area contributed by atoms with Crippen LogP contribution < -0.4 is 0 Å². The predicted molar refractivity (Wildman–Crippen MR) is 75.5 cm³/mol. The minimum Gasteiger partial charge on any atom is -0.481 e. The second kappa shape index (κ2) is 6.41. The summed E-state index contributed by atoms with van der Waals surface area (Å²) >= 11 is 0. The van der Waals surface area contributed by atoms with Crippen molar-refractivity contribution in [2.24, 2.45) is 5.92 Å². The van der Waals surface area contributed by atoms with Gasteiger partial charge in [-0.3, -0.25) is 4.79 Å². The molecule has 0 amide bonds. The van der Waals surface area contributed by atoms with E-state index in [1.807, 2.05) is 6.92 Å². The van der Waals surface area contributed by atoms with Crippen LogP contribution in [0.2, 0.25) is 0 Å². The van der Waals surface area contributed by atoms with Crippen LogP contribution in [0.4, 0.5) is 0 Å². The van der Waals surface area contributed by atoms with Crippen molar-refractivity contribution < 1.29 is 19.4 Å². The number of aliphatic carboxylic acids is 1. The third-order valence-electron chi connectivity index (χ3n) is 4.33. The Morgan fingerprint density at radius 3 is 2.90 bits per heavy atom. The largest absolute Gasteiger partial charge is 0.481 e. The van der Waals surface area contributed by atoms with Gasteiger partial charge in [-0.05, 0) is 46.1 Å². The normalized spacial score (nSPS) is 35.6. The van der Waals surface area contributed by atoms with Crippen molar-refractivity contribution in [3.8, 4) is 0 Å². The molecule has 2 heterocycles. The van der Waals surface area contributed by atoms with Crippen molar-refractivity contribution in [2.75, 3.05) is 19.7 Å². The first-order chi connectivity index (χ1) is 9.38. The Balaban J connectivity index is 1.84. The molecular weight excluding hydrogens is 258 g/mol. The molecule has 1 N–H and O–H groups in total. The first kappa shape index (κ1) is 15.7. The summed E-state index contributed by atoms with van der Waals surface area (Å²) in [6.07, 6.45) is 3.00. The first-order valence-electron chi connectivity index (χ1n) is 7.65. The van der Waals surface area contributed by atoms with Crippen LogP contribution in [0.1, 0.15) is 46.5 Å². The van der Waals surface area contributed by atoms with Gasteiger partial charge < -0.3 is 19.5 Å². The van der Waals surface area contributed by atoms with Crippen LogP contribution in [0.25, 0.3) is 0 Å². The smallest absolute Gasteiger partial charge is 0.306 e. The van der Waals surface area contributed by atoms with E-state index >= 15 is 0 Å². The lowest BCUT2D eigenvalue weighted by atomic mass is 9.90. The lowest BCUT2D eigenvalue weighted by Crippen LogP contribution is -2.42. The van der Waals surface area contributed by atoms with Gasteiger partial charge in [-0.15, -0.1) is 0 Å². The Labute approximate surface area is 121 Å². The molecule has 2 fully saturated rings. The van der Waals surface area contributed by atoms with E-state index in [0.717, 1.165) is 13.0 Å². The number of hydrogen-bond donors (Lipinski definition) is 1. The maximum atomic E-state index is 10.7. The fourth-order valence-electron chi connectivity index (χ4n) is 3.35. The quantitative estimate of drug-likeness (QED) is 0.838. The van der Waals surface area contributed by atoms with E-state index in [9.17, 15) is 4.79 Å². The number of carboxylic acid groups (broad SMARTS) is 1. The van der Waals surface area contributed by atoms with Gasteiger partial charge in [0.2, 0.25) is 0 Å². The van der Waals surface area contributed by atoms with E-state index in [-0.39, 0.29) is 12.5 Å². The summed E-state index contributed by atoms with van der Waals surface area (Å²) in [5, 5.41) is 8.82. The van der Waals surface area contributed by atoms with Gasteiger partial charge in [0.25, 0.3) is 0 Å². The summed E-state index contributed by atoms with van der Waals surface area (Å²) in [5.41, 5.74) is 0. The Hall–Kier alpha value is -0.650. The molecule has 0 radical (unpaired) electrons. The van der Waals surface area contributed by atoms with Gasteiger partial charge in [-0.1, -0.05) is 0 Å². The van der Waals surface area contributed by atoms with Crippen LogP contribution >= 0.6 is 0 Å². The Kier molecular flexibility index (Phi) is 5.04. The summed E-state index contributed by atoms with van der Waals surface area (Å²) in [5.74, 6) is -0.864. The van der Waals surface area contributed by atoms with Gasteiger partial charge in [0.1, 0.15) is 0 Å². The van der Waals surface area contributed by atoms with E-state index < -0.39 is 11.8 Å². The summed E-state index contributed by atoms with van der Waals surface area (Å²) < 4.78 is 11.6. The molecular formula is C15H27NO4. The average molecular weight is 285 g/mol. The van der Waals surface area contributed by atoms with E-state index in [1.54, 1.807) is 0 Å². The van der Waals surface area contributed by atoms with Gasteiger partial charge in [0, 0.05) is 19.0 Å². The molecule has 0 spiro atoms. The zero-order chi connectivity index (χ0) is 14.8. The Morgan fingerprint density at radius 1 is 1.50 bits per heavy atom. The molecule has 5 heteroatoms. The van der Waals surface area contributed by atoms with Crippen molar-refractivity contribution in [1.29, 1.82) is 0 Å². The molecule has 2 aliphatic heterocycles. The summed E-state index contributed by atoms with van der Waals surface area (Å²) in [6, 6.07) is 0.579. The fourth-order valence-corrected chi connectivity index (χ4v) is 3.35. The molecule has 3 atom stereocenters. The number of hydrogen-bond acceptors (Lipinski definition) is 4. The molecule has 0 aromatic heterocycles. The standard InChI is InChI=1S/C15H27NO4/c1-11(2)16-6-4-5-12(9-16)8-15(3)19-10-13(20-15)7-14(17)18/h11-13H,4-10H2,1-3H3,(H,17,18). The number of piperidine rings is 1. The summed E-state index contributed by atoms with van der Waals surface area (Å²) in [6.45, 7) is 9.06. The van der Waals surface area contributed by atoms with Crippen LogP contribution in [-0.4, -0.2) is 53.6 Å². The highest BCUT2D eigenvalue weighted by molar-refractivity contribution is 5.67. The van der Waals surface area contributed by atoms with Gasteiger partial charge in [-0.2, -0.15) is 0 Å². The number of carboxylic acids is 1. The topological polar surface area (TPSA) is 59.0 Å². The predicted octanol–water partition coefficient (Wildman–Crippen LogP) is 2.10. The minimum atomic E-state index is -0.827. The highest BCUT2D eigenvalue weighted by Crippen LogP contribution is 2.34. The average Bonchev–Trinajstić information content (AvgIpc) is 2.69. The lowest BCUT2D eigenvalue weighted by molar-refractivity contribution is -0.172. The summed E-state index contributed by atoms with van der Waals surface area (Å²) in [4.78, 5) is 13.2. The number of ether oxygens (including phenoxy) is 2. The van der Waals surface area contributed by atoms with Crippen LogP contribution in [0, 0.1) is 5.92 Å². The van der Waals surface area contributed by atoms with Gasteiger partial charge >= 0.3 is 5.97 Å². The van der Waals surface area contributed by atoms with E-state index in [2.05, 4.69) is 18.7 Å². The van der Waals surface area contributed by atoms with Crippen LogP contribution in [-0.2, 0) is 14.3 Å². The molecule has 20 heavy (non-hydrogen) atoms. The second-order valence-electron chi connectivity index (χ2n) is 6.58. The number of nitrogens with zero attached hydrogens (tertiary/aromatic N) is 1. The zero-order valence-corrected chi connectivity index (χ0v) is 12.8. The third-order valence-corrected chi connectivity index (χ3v) is 4.33. The zero-order valence-electron chi connectivity index (χ0n) is 12.8. The van der Waals surface area contributed by atoms with Gasteiger partial charge in [0.05, 0.1) is 19.1 Å². The molecule has 2 rings (SSSR count). The van der Waals surface area contributed by atoms with Crippen LogP contribution in [0.5, 0.6) is 0 Å². The van der Waals surface area contributed by atoms with E-state index in [0.29, 0.717) is 18.6 Å². The van der Waals surface area contributed by atoms with Crippen molar-refractivity contribution in [1.82, 2.24) is 4.90 Å². The van der Waals surface area contributed by atoms with Crippen LogP contribution in [0.15, 0.2) is 0 Å². The first-order valence-corrected chi connectivity index (χ1v) is 7.65. The van der Waals surface area contributed by atoms with Crippen LogP contribution in [0.3, 0.4) is 0 Å². The third kappa shape index (κ3) is 4.17. The maximum absolute atomic E-state index is 10.7.